The Kier molecular flexibility index (Phi) is 14.7. The minimum atomic E-state index is -0.920. The third kappa shape index (κ3) is 12.4. The summed E-state index contributed by atoms with van der Waals surface area (Å²) in [5, 5.41) is 18.9. The van der Waals surface area contributed by atoms with Crippen LogP contribution >= 0.6 is 0 Å². The van der Waals surface area contributed by atoms with Crippen molar-refractivity contribution < 1.29 is 49.4 Å². The molecule has 0 heterocycles. The van der Waals surface area contributed by atoms with Gasteiger partial charge >= 0.3 is 29.6 Å². The van der Waals surface area contributed by atoms with E-state index >= 15 is 0 Å². The number of hydrogen-bond acceptors (Lipinski definition) is 4. The molecule has 1 aromatic carbocycles. The van der Waals surface area contributed by atoms with Gasteiger partial charge in [0.1, 0.15) is 5.75 Å². The second-order valence-corrected chi connectivity index (χ2v) is 4.42. The van der Waals surface area contributed by atoms with Crippen molar-refractivity contribution in [3.8, 4) is 5.75 Å². The van der Waals surface area contributed by atoms with Crippen molar-refractivity contribution >= 4 is 11.9 Å². The van der Waals surface area contributed by atoms with E-state index in [9.17, 15) is 14.7 Å². The SMILES string of the molecule is CCCCCCCC(=O)[O-].NC(=O)c1ccccc1O.[Na+]. The average molecular weight is 303 g/mol. The van der Waals surface area contributed by atoms with Crippen molar-refractivity contribution in [2.24, 2.45) is 5.73 Å². The van der Waals surface area contributed by atoms with E-state index < -0.39 is 11.9 Å². The molecule has 0 aromatic heterocycles. The van der Waals surface area contributed by atoms with Crippen LogP contribution in [-0.4, -0.2) is 17.0 Å². The van der Waals surface area contributed by atoms with Crippen molar-refractivity contribution in [3.05, 3.63) is 29.8 Å². The van der Waals surface area contributed by atoms with Gasteiger partial charge in [-0.25, -0.2) is 0 Å². The van der Waals surface area contributed by atoms with Crippen molar-refractivity contribution in [2.45, 2.75) is 45.4 Å². The van der Waals surface area contributed by atoms with E-state index in [4.69, 9.17) is 10.8 Å². The standard InChI is InChI=1S/C8H16O2.C7H7NO2.Na/c1-2-3-4-5-6-7-8(9)10;8-7(10)5-3-1-2-4-6(5)9;/h2-7H2,1H3,(H,9,10);1-4,9H,(H2,8,10);/q;;+1/p-1. The average Bonchev–Trinajstić information content (AvgIpc) is 2.39. The number of amides is 1. The number of phenols is 1. The summed E-state index contributed by atoms with van der Waals surface area (Å²) in [5.74, 6) is -1.61. The Bertz CT molecular complexity index is 424. The molecule has 0 atom stereocenters. The predicted molar refractivity (Wildman–Crippen MR) is 75.0 cm³/mol. The van der Waals surface area contributed by atoms with Crippen LogP contribution < -0.4 is 40.4 Å². The summed E-state index contributed by atoms with van der Waals surface area (Å²) in [5.41, 5.74) is 5.07. The van der Waals surface area contributed by atoms with Gasteiger partial charge in [-0.05, 0) is 25.0 Å². The van der Waals surface area contributed by atoms with Crippen LogP contribution in [0.5, 0.6) is 5.75 Å². The summed E-state index contributed by atoms with van der Waals surface area (Å²) < 4.78 is 0. The molecule has 1 amide bonds. The molecule has 0 radical (unpaired) electrons. The van der Waals surface area contributed by atoms with Gasteiger partial charge in [0.15, 0.2) is 0 Å². The van der Waals surface area contributed by atoms with Crippen molar-refractivity contribution in [1.29, 1.82) is 0 Å². The van der Waals surface area contributed by atoms with E-state index in [1.807, 2.05) is 0 Å². The van der Waals surface area contributed by atoms with Gasteiger partial charge in [0, 0.05) is 5.97 Å². The molecule has 1 aromatic rings. The number of nitrogens with two attached hydrogens (primary N) is 1. The Morgan fingerprint density at radius 2 is 1.71 bits per heavy atom. The van der Waals surface area contributed by atoms with Crippen molar-refractivity contribution in [2.75, 3.05) is 0 Å². The first-order chi connectivity index (χ1) is 9.49. The Labute approximate surface area is 147 Å². The minimum Gasteiger partial charge on any atom is -0.550 e. The Hall–Kier alpha value is -1.04. The van der Waals surface area contributed by atoms with Gasteiger partial charge in [-0.1, -0.05) is 44.7 Å². The van der Waals surface area contributed by atoms with E-state index in [1.54, 1.807) is 12.1 Å². The number of aliphatic carboxylic acids is 1. The number of para-hydroxylation sites is 1. The summed E-state index contributed by atoms with van der Waals surface area (Å²) in [6.07, 6.45) is 5.61. The molecule has 0 bridgehead atoms. The molecule has 0 unspecified atom stereocenters. The molecule has 6 heteroatoms. The van der Waals surface area contributed by atoms with Crippen molar-refractivity contribution in [1.82, 2.24) is 0 Å². The number of carbonyl (C=O) groups is 2. The maximum Gasteiger partial charge on any atom is 1.00 e. The number of carboxylic acid groups (broad SMARTS) is 1. The van der Waals surface area contributed by atoms with Gasteiger partial charge < -0.3 is 20.7 Å². The maximum atomic E-state index is 10.5. The Morgan fingerprint density at radius 3 is 2.14 bits per heavy atom. The molecular weight excluding hydrogens is 281 g/mol. The maximum absolute atomic E-state index is 10.5. The second kappa shape index (κ2) is 13.9. The third-order valence-electron chi connectivity index (χ3n) is 2.65. The molecule has 21 heavy (non-hydrogen) atoms. The predicted octanol–water partition coefficient (Wildman–Crippen LogP) is -1.41. The number of carboxylic acids is 1. The zero-order chi connectivity index (χ0) is 15.4. The topological polar surface area (TPSA) is 103 Å². The first kappa shape index (κ1) is 22.2. The summed E-state index contributed by atoms with van der Waals surface area (Å²) in [6.45, 7) is 2.14. The van der Waals surface area contributed by atoms with Crippen LogP contribution in [0, 0.1) is 0 Å². The van der Waals surface area contributed by atoms with Gasteiger partial charge in [0.25, 0.3) is 5.91 Å². The fourth-order valence-corrected chi connectivity index (χ4v) is 1.55. The van der Waals surface area contributed by atoms with E-state index in [2.05, 4.69) is 6.92 Å². The molecule has 0 saturated carbocycles. The van der Waals surface area contributed by atoms with E-state index in [-0.39, 0.29) is 47.3 Å². The molecule has 0 saturated heterocycles. The number of rotatable bonds is 7. The number of unbranched alkanes of at least 4 members (excludes halogenated alkanes) is 4. The summed E-state index contributed by atoms with van der Waals surface area (Å²) >= 11 is 0. The first-order valence-electron chi connectivity index (χ1n) is 6.76. The molecule has 0 aliphatic rings. The van der Waals surface area contributed by atoms with Crippen LogP contribution in [0.25, 0.3) is 0 Å². The summed E-state index contributed by atoms with van der Waals surface area (Å²) in [4.78, 5) is 20.4. The molecule has 0 aliphatic carbocycles. The minimum absolute atomic E-state index is 0. The second-order valence-electron chi connectivity index (χ2n) is 4.42. The molecule has 1 rings (SSSR count). The van der Waals surface area contributed by atoms with Gasteiger partial charge in [0.05, 0.1) is 5.56 Å². The normalized spacial score (nSPS) is 9.00. The van der Waals surface area contributed by atoms with Crippen LogP contribution in [0.2, 0.25) is 0 Å². The first-order valence-corrected chi connectivity index (χ1v) is 6.76. The van der Waals surface area contributed by atoms with Crippen molar-refractivity contribution in [3.63, 3.8) is 0 Å². The zero-order valence-electron chi connectivity index (χ0n) is 12.8. The molecule has 0 aliphatic heterocycles. The smallest absolute Gasteiger partial charge is 0.550 e. The van der Waals surface area contributed by atoms with Crippen LogP contribution in [0.1, 0.15) is 55.8 Å². The number of primary amides is 1. The van der Waals surface area contributed by atoms with Gasteiger partial charge in [-0.15, -0.1) is 0 Å². The molecule has 112 valence electrons. The Balaban J connectivity index is 0. The van der Waals surface area contributed by atoms with Gasteiger partial charge in [0.2, 0.25) is 0 Å². The molecule has 0 fully saturated rings. The molecular formula is C15H22NNaO4. The van der Waals surface area contributed by atoms with E-state index in [0.29, 0.717) is 0 Å². The quantitative estimate of drug-likeness (QED) is 0.477. The fourth-order valence-electron chi connectivity index (χ4n) is 1.55. The Morgan fingerprint density at radius 1 is 1.14 bits per heavy atom. The van der Waals surface area contributed by atoms with Crippen LogP contribution in [0.4, 0.5) is 0 Å². The van der Waals surface area contributed by atoms with Crippen LogP contribution in [0.15, 0.2) is 24.3 Å². The number of aromatic hydroxyl groups is 1. The zero-order valence-corrected chi connectivity index (χ0v) is 14.8. The van der Waals surface area contributed by atoms with Gasteiger partial charge in [-0.3, -0.25) is 4.79 Å². The largest absolute Gasteiger partial charge is 1.00 e. The van der Waals surface area contributed by atoms with E-state index in [0.717, 1.165) is 19.3 Å². The van der Waals surface area contributed by atoms with Crippen LogP contribution in [-0.2, 0) is 4.79 Å². The molecule has 0 spiro atoms. The monoisotopic (exact) mass is 303 g/mol. The summed E-state index contributed by atoms with van der Waals surface area (Å²) in [6, 6.07) is 6.15. The summed E-state index contributed by atoms with van der Waals surface area (Å²) in [7, 11) is 0. The number of hydrogen-bond donors (Lipinski definition) is 2. The van der Waals surface area contributed by atoms with Gasteiger partial charge in [-0.2, -0.15) is 0 Å². The number of carbonyl (C=O) groups excluding carboxylic acids is 2. The fraction of sp³-hybridized carbons (Fsp3) is 0.467. The van der Waals surface area contributed by atoms with Crippen LogP contribution in [0.3, 0.4) is 0 Å². The third-order valence-corrected chi connectivity index (χ3v) is 2.65. The molecule has 3 N–H and O–H groups in total. The van der Waals surface area contributed by atoms with E-state index in [1.165, 1.54) is 25.0 Å². The molecule has 5 nitrogen and oxygen atoms in total. The number of benzene rings is 1.